The topological polar surface area (TPSA) is 47.4 Å². The van der Waals surface area contributed by atoms with E-state index in [1.165, 1.54) is 11.1 Å². The number of methoxy groups -OCH3 is 1. The molecule has 1 heterocycles. The van der Waals surface area contributed by atoms with Crippen LogP contribution in [0.25, 0.3) is 0 Å². The molecule has 2 aromatic rings. The number of hydrogen-bond donors (Lipinski definition) is 0. The Bertz CT molecular complexity index is 622. The smallest absolute Gasteiger partial charge is 0.219 e. The van der Waals surface area contributed by atoms with Crippen molar-refractivity contribution in [3.05, 3.63) is 53.6 Å². The minimum atomic E-state index is 0.0301. The lowest BCUT2D eigenvalue weighted by Gasteiger charge is -2.21. The van der Waals surface area contributed by atoms with Crippen molar-refractivity contribution in [2.24, 2.45) is 0 Å². The van der Waals surface area contributed by atoms with Gasteiger partial charge >= 0.3 is 0 Å². The maximum Gasteiger partial charge on any atom is 0.219 e. The molecule has 22 heavy (non-hydrogen) atoms. The molecule has 0 aliphatic rings. The number of amides is 1. The van der Waals surface area contributed by atoms with Crippen LogP contribution in [-0.4, -0.2) is 40.6 Å². The van der Waals surface area contributed by atoms with E-state index in [1.54, 1.807) is 25.1 Å². The molecule has 0 saturated heterocycles. The maximum absolute atomic E-state index is 11.7. The summed E-state index contributed by atoms with van der Waals surface area (Å²) in [6.07, 6.45) is 3.73. The molecule has 1 amide bonds. The van der Waals surface area contributed by atoms with Crippen LogP contribution < -0.4 is 0 Å². The van der Waals surface area contributed by atoms with Crippen LogP contribution in [0, 0.1) is 6.92 Å². The number of imidazole rings is 1. The summed E-state index contributed by atoms with van der Waals surface area (Å²) in [5.74, 6) is 0.914. The summed E-state index contributed by atoms with van der Waals surface area (Å²) in [6, 6.07) is 8.30. The molecular formula is C17H23N3O2. The second kappa shape index (κ2) is 7.75. The fourth-order valence-corrected chi connectivity index (χ4v) is 2.33. The van der Waals surface area contributed by atoms with Gasteiger partial charge in [-0.2, -0.15) is 0 Å². The summed E-state index contributed by atoms with van der Waals surface area (Å²) in [6.45, 7) is 6.04. The zero-order valence-corrected chi connectivity index (χ0v) is 13.5. The summed E-state index contributed by atoms with van der Waals surface area (Å²) >= 11 is 0. The highest BCUT2D eigenvalue weighted by molar-refractivity contribution is 5.73. The van der Waals surface area contributed by atoms with Crippen molar-refractivity contribution in [2.75, 3.05) is 20.3 Å². The van der Waals surface area contributed by atoms with Gasteiger partial charge in [0.1, 0.15) is 5.82 Å². The van der Waals surface area contributed by atoms with E-state index in [-0.39, 0.29) is 5.91 Å². The third-order valence-corrected chi connectivity index (χ3v) is 3.75. The summed E-state index contributed by atoms with van der Waals surface area (Å²) in [5, 5.41) is 0. The molecule has 0 bridgehead atoms. The summed E-state index contributed by atoms with van der Waals surface area (Å²) in [4.78, 5) is 17.9. The number of nitrogens with zero attached hydrogens (tertiary/aromatic N) is 3. The zero-order valence-electron chi connectivity index (χ0n) is 13.5. The minimum Gasteiger partial charge on any atom is -0.383 e. The van der Waals surface area contributed by atoms with E-state index in [0.29, 0.717) is 19.7 Å². The first-order valence-corrected chi connectivity index (χ1v) is 7.40. The Balaban J connectivity index is 2.11. The molecule has 5 nitrogen and oxygen atoms in total. The first-order valence-electron chi connectivity index (χ1n) is 7.40. The standard InChI is InChI=1S/C17H23N3O2/c1-14-6-4-5-7-16(14)12-20-9-8-18-17(20)13-19(15(2)21)10-11-22-3/h4-9H,10-13H2,1-3H3. The molecule has 0 unspecified atom stereocenters. The third kappa shape index (κ3) is 4.18. The van der Waals surface area contributed by atoms with E-state index in [2.05, 4.69) is 28.6 Å². The van der Waals surface area contributed by atoms with Crippen molar-refractivity contribution >= 4 is 5.91 Å². The van der Waals surface area contributed by atoms with Crippen molar-refractivity contribution in [3.63, 3.8) is 0 Å². The molecule has 5 heteroatoms. The Labute approximate surface area is 131 Å². The molecule has 0 aliphatic carbocycles. The number of rotatable bonds is 7. The fraction of sp³-hybridized carbons (Fsp3) is 0.412. The number of aromatic nitrogens is 2. The van der Waals surface area contributed by atoms with Gasteiger partial charge in [-0.05, 0) is 18.1 Å². The van der Waals surface area contributed by atoms with Crippen molar-refractivity contribution < 1.29 is 9.53 Å². The highest BCUT2D eigenvalue weighted by Crippen LogP contribution is 2.12. The van der Waals surface area contributed by atoms with Gasteiger partial charge < -0.3 is 14.2 Å². The predicted molar refractivity (Wildman–Crippen MR) is 85.5 cm³/mol. The van der Waals surface area contributed by atoms with Crippen molar-refractivity contribution in [1.82, 2.24) is 14.5 Å². The van der Waals surface area contributed by atoms with Crippen LogP contribution in [0.2, 0.25) is 0 Å². The minimum absolute atomic E-state index is 0.0301. The van der Waals surface area contributed by atoms with Crippen LogP contribution in [0.3, 0.4) is 0 Å². The highest BCUT2D eigenvalue weighted by atomic mass is 16.5. The lowest BCUT2D eigenvalue weighted by molar-refractivity contribution is -0.130. The van der Waals surface area contributed by atoms with Gasteiger partial charge in [0.25, 0.3) is 0 Å². The third-order valence-electron chi connectivity index (χ3n) is 3.75. The Hall–Kier alpha value is -2.14. The number of hydrogen-bond acceptors (Lipinski definition) is 3. The first kappa shape index (κ1) is 16.2. The number of carbonyl (C=O) groups is 1. The van der Waals surface area contributed by atoms with E-state index in [4.69, 9.17) is 4.74 Å². The Morgan fingerprint density at radius 2 is 2.14 bits per heavy atom. The SMILES string of the molecule is COCCN(Cc1nccn1Cc1ccccc1C)C(C)=O. The Kier molecular flexibility index (Phi) is 5.72. The van der Waals surface area contributed by atoms with Crippen LogP contribution in [0.15, 0.2) is 36.7 Å². The first-order chi connectivity index (χ1) is 10.6. The summed E-state index contributed by atoms with van der Waals surface area (Å²) in [7, 11) is 1.64. The average molecular weight is 301 g/mol. The monoisotopic (exact) mass is 301 g/mol. The van der Waals surface area contributed by atoms with Crippen molar-refractivity contribution in [1.29, 1.82) is 0 Å². The molecule has 118 valence electrons. The Morgan fingerprint density at radius 3 is 2.82 bits per heavy atom. The highest BCUT2D eigenvalue weighted by Gasteiger charge is 2.13. The molecule has 1 aromatic carbocycles. The van der Waals surface area contributed by atoms with Gasteiger partial charge in [0, 0.05) is 39.5 Å². The van der Waals surface area contributed by atoms with Gasteiger partial charge in [-0.3, -0.25) is 4.79 Å². The predicted octanol–water partition coefficient (Wildman–Crippen LogP) is 2.23. The van der Waals surface area contributed by atoms with E-state index < -0.39 is 0 Å². The molecule has 1 aromatic heterocycles. The van der Waals surface area contributed by atoms with Crippen LogP contribution in [-0.2, 0) is 22.6 Å². The Morgan fingerprint density at radius 1 is 1.36 bits per heavy atom. The van der Waals surface area contributed by atoms with Gasteiger partial charge in [0.05, 0.1) is 13.2 Å². The molecule has 2 rings (SSSR count). The lowest BCUT2D eigenvalue weighted by atomic mass is 10.1. The second-order valence-corrected chi connectivity index (χ2v) is 5.33. The van der Waals surface area contributed by atoms with Crippen LogP contribution in [0.1, 0.15) is 23.9 Å². The molecule has 0 atom stereocenters. The largest absolute Gasteiger partial charge is 0.383 e. The maximum atomic E-state index is 11.7. The molecule has 0 saturated carbocycles. The average Bonchev–Trinajstić information content (AvgIpc) is 2.92. The lowest BCUT2D eigenvalue weighted by Crippen LogP contribution is -2.32. The van der Waals surface area contributed by atoms with Crippen LogP contribution in [0.4, 0.5) is 0 Å². The van der Waals surface area contributed by atoms with Gasteiger partial charge in [0.2, 0.25) is 5.91 Å². The van der Waals surface area contributed by atoms with E-state index in [1.807, 2.05) is 18.3 Å². The normalized spacial score (nSPS) is 10.7. The molecule has 0 radical (unpaired) electrons. The number of ether oxygens (including phenoxy) is 1. The number of benzene rings is 1. The molecule has 0 aliphatic heterocycles. The number of aryl methyl sites for hydroxylation is 1. The zero-order chi connectivity index (χ0) is 15.9. The van der Waals surface area contributed by atoms with E-state index in [9.17, 15) is 4.79 Å². The van der Waals surface area contributed by atoms with Gasteiger partial charge in [-0.15, -0.1) is 0 Å². The fourth-order valence-electron chi connectivity index (χ4n) is 2.33. The van der Waals surface area contributed by atoms with Gasteiger partial charge in [-0.25, -0.2) is 4.98 Å². The van der Waals surface area contributed by atoms with E-state index >= 15 is 0 Å². The summed E-state index contributed by atoms with van der Waals surface area (Å²) < 4.78 is 7.15. The number of carbonyl (C=O) groups excluding carboxylic acids is 1. The summed E-state index contributed by atoms with van der Waals surface area (Å²) in [5.41, 5.74) is 2.51. The quantitative estimate of drug-likeness (QED) is 0.788. The van der Waals surface area contributed by atoms with Crippen molar-refractivity contribution in [3.8, 4) is 0 Å². The molecule has 0 spiro atoms. The van der Waals surface area contributed by atoms with Crippen LogP contribution in [0.5, 0.6) is 0 Å². The van der Waals surface area contributed by atoms with E-state index in [0.717, 1.165) is 12.4 Å². The second-order valence-electron chi connectivity index (χ2n) is 5.33. The van der Waals surface area contributed by atoms with Gasteiger partial charge in [-0.1, -0.05) is 24.3 Å². The van der Waals surface area contributed by atoms with Gasteiger partial charge in [0.15, 0.2) is 0 Å². The molecular weight excluding hydrogens is 278 g/mol. The molecule has 0 fully saturated rings. The van der Waals surface area contributed by atoms with Crippen LogP contribution >= 0.6 is 0 Å². The molecule has 0 N–H and O–H groups in total. The van der Waals surface area contributed by atoms with Crippen molar-refractivity contribution in [2.45, 2.75) is 26.9 Å².